The fourth-order valence-corrected chi connectivity index (χ4v) is 1.20. The third-order valence-electron chi connectivity index (χ3n) is 2.53. The van der Waals surface area contributed by atoms with Crippen molar-refractivity contribution in [3.63, 3.8) is 0 Å². The van der Waals surface area contributed by atoms with E-state index in [4.69, 9.17) is 5.11 Å². The van der Waals surface area contributed by atoms with Crippen LogP contribution in [-0.4, -0.2) is 27.5 Å². The number of nitrogens with one attached hydrogen (secondary N) is 1. The molecule has 0 spiro atoms. The monoisotopic (exact) mass is 197 g/mol. The Balaban J connectivity index is 2.33. The molecule has 0 saturated heterocycles. The van der Waals surface area contributed by atoms with Crippen LogP contribution < -0.4 is 5.32 Å². The summed E-state index contributed by atoms with van der Waals surface area (Å²) in [4.78, 5) is 0. The van der Waals surface area contributed by atoms with E-state index in [1.165, 1.54) is 5.56 Å². The number of hydrogen-bond acceptors (Lipinski definition) is 3. The highest BCUT2D eigenvalue weighted by molar-refractivity contribution is 5.03. The van der Waals surface area contributed by atoms with Gasteiger partial charge in [0.1, 0.15) is 0 Å². The van der Waals surface area contributed by atoms with Crippen molar-refractivity contribution in [1.29, 1.82) is 0 Å². The van der Waals surface area contributed by atoms with Gasteiger partial charge in [0, 0.05) is 38.0 Å². The molecule has 2 N–H and O–H groups in total. The Hall–Kier alpha value is -0.870. The minimum absolute atomic E-state index is 0.223. The van der Waals surface area contributed by atoms with Gasteiger partial charge in [-0.1, -0.05) is 6.92 Å². The molecule has 2 atom stereocenters. The molecule has 1 aromatic rings. The van der Waals surface area contributed by atoms with Crippen molar-refractivity contribution in [1.82, 2.24) is 15.1 Å². The molecule has 0 aliphatic carbocycles. The van der Waals surface area contributed by atoms with Crippen LogP contribution in [0.1, 0.15) is 19.4 Å². The Morgan fingerprint density at radius 2 is 2.29 bits per heavy atom. The number of aryl methyl sites for hydroxylation is 1. The number of nitrogens with zero attached hydrogens (tertiary/aromatic N) is 2. The minimum atomic E-state index is 0.223. The molecule has 1 heterocycles. The van der Waals surface area contributed by atoms with Crippen LogP contribution in [-0.2, 0) is 13.6 Å². The first-order valence-corrected chi connectivity index (χ1v) is 4.95. The zero-order chi connectivity index (χ0) is 10.6. The number of aliphatic hydroxyl groups excluding tert-OH is 1. The van der Waals surface area contributed by atoms with Crippen LogP contribution in [0.2, 0.25) is 0 Å². The summed E-state index contributed by atoms with van der Waals surface area (Å²) < 4.78 is 1.79. The van der Waals surface area contributed by atoms with E-state index >= 15 is 0 Å². The van der Waals surface area contributed by atoms with Gasteiger partial charge in [0.15, 0.2) is 0 Å². The van der Waals surface area contributed by atoms with Gasteiger partial charge in [0.25, 0.3) is 0 Å². The summed E-state index contributed by atoms with van der Waals surface area (Å²) in [5.74, 6) is 0.284. The van der Waals surface area contributed by atoms with E-state index < -0.39 is 0 Å². The van der Waals surface area contributed by atoms with E-state index in [0.717, 1.165) is 6.54 Å². The Bertz CT molecular complexity index is 272. The molecule has 0 aliphatic heterocycles. The lowest BCUT2D eigenvalue weighted by Gasteiger charge is -2.18. The fourth-order valence-electron chi connectivity index (χ4n) is 1.20. The van der Waals surface area contributed by atoms with E-state index in [0.29, 0.717) is 6.04 Å². The maximum absolute atomic E-state index is 8.95. The van der Waals surface area contributed by atoms with Gasteiger partial charge in [0.2, 0.25) is 0 Å². The standard InChI is InChI=1S/C10H19N3O/c1-8(7-14)9(2)11-4-10-5-12-13(3)6-10/h5-6,8-9,11,14H,4,7H2,1-3H3. The summed E-state index contributed by atoms with van der Waals surface area (Å²) in [7, 11) is 1.91. The predicted octanol–water partition coefficient (Wildman–Crippen LogP) is 0.527. The average molecular weight is 197 g/mol. The van der Waals surface area contributed by atoms with Crippen LogP contribution >= 0.6 is 0 Å². The van der Waals surface area contributed by atoms with Crippen molar-refractivity contribution in [3.05, 3.63) is 18.0 Å². The van der Waals surface area contributed by atoms with E-state index in [2.05, 4.69) is 17.3 Å². The summed E-state index contributed by atoms with van der Waals surface area (Å²) >= 11 is 0. The fraction of sp³-hybridized carbons (Fsp3) is 0.700. The quantitative estimate of drug-likeness (QED) is 0.724. The van der Waals surface area contributed by atoms with Gasteiger partial charge in [-0.15, -0.1) is 0 Å². The first-order valence-electron chi connectivity index (χ1n) is 4.95. The summed E-state index contributed by atoms with van der Waals surface area (Å²) in [5, 5.41) is 16.4. The van der Waals surface area contributed by atoms with E-state index in [9.17, 15) is 0 Å². The van der Waals surface area contributed by atoms with Crippen molar-refractivity contribution in [3.8, 4) is 0 Å². The molecule has 80 valence electrons. The Morgan fingerprint density at radius 1 is 1.57 bits per heavy atom. The van der Waals surface area contributed by atoms with Crippen LogP contribution in [0, 0.1) is 5.92 Å². The van der Waals surface area contributed by atoms with Crippen molar-refractivity contribution in [2.24, 2.45) is 13.0 Å². The van der Waals surface area contributed by atoms with Crippen molar-refractivity contribution < 1.29 is 5.11 Å². The summed E-state index contributed by atoms with van der Waals surface area (Å²) in [5.41, 5.74) is 1.17. The van der Waals surface area contributed by atoms with Gasteiger partial charge in [-0.25, -0.2) is 0 Å². The second kappa shape index (κ2) is 5.12. The van der Waals surface area contributed by atoms with Gasteiger partial charge in [-0.2, -0.15) is 5.10 Å². The van der Waals surface area contributed by atoms with Crippen LogP contribution in [0.15, 0.2) is 12.4 Å². The SMILES string of the molecule is CC(CO)C(C)NCc1cnn(C)c1. The zero-order valence-corrected chi connectivity index (χ0v) is 9.07. The van der Waals surface area contributed by atoms with Crippen molar-refractivity contribution >= 4 is 0 Å². The molecule has 0 radical (unpaired) electrons. The summed E-state index contributed by atoms with van der Waals surface area (Å²) in [6.07, 6.45) is 3.84. The first-order chi connectivity index (χ1) is 6.63. The molecule has 4 nitrogen and oxygen atoms in total. The highest BCUT2D eigenvalue weighted by Gasteiger charge is 2.10. The molecule has 0 saturated carbocycles. The summed E-state index contributed by atoms with van der Waals surface area (Å²) in [6.45, 7) is 5.14. The third-order valence-corrected chi connectivity index (χ3v) is 2.53. The molecule has 4 heteroatoms. The molecule has 0 fully saturated rings. The van der Waals surface area contributed by atoms with Crippen molar-refractivity contribution in [2.45, 2.75) is 26.4 Å². The van der Waals surface area contributed by atoms with Crippen LogP contribution in [0.3, 0.4) is 0 Å². The Labute approximate surface area is 84.9 Å². The maximum Gasteiger partial charge on any atom is 0.0534 e. The number of rotatable bonds is 5. The third kappa shape index (κ3) is 3.12. The van der Waals surface area contributed by atoms with Gasteiger partial charge >= 0.3 is 0 Å². The van der Waals surface area contributed by atoms with E-state index in [1.807, 2.05) is 26.4 Å². The molecule has 0 bridgehead atoms. The second-order valence-corrected chi connectivity index (χ2v) is 3.85. The van der Waals surface area contributed by atoms with Gasteiger partial charge in [0.05, 0.1) is 6.20 Å². The second-order valence-electron chi connectivity index (χ2n) is 3.85. The largest absolute Gasteiger partial charge is 0.396 e. The van der Waals surface area contributed by atoms with E-state index in [-0.39, 0.29) is 12.5 Å². The molecule has 0 amide bonds. The number of aliphatic hydroxyl groups is 1. The molecule has 14 heavy (non-hydrogen) atoms. The van der Waals surface area contributed by atoms with Crippen LogP contribution in [0.4, 0.5) is 0 Å². The van der Waals surface area contributed by atoms with E-state index in [1.54, 1.807) is 4.68 Å². The Morgan fingerprint density at radius 3 is 2.79 bits per heavy atom. The maximum atomic E-state index is 8.95. The van der Waals surface area contributed by atoms with Crippen molar-refractivity contribution in [2.75, 3.05) is 6.61 Å². The van der Waals surface area contributed by atoms with Gasteiger partial charge in [-0.3, -0.25) is 4.68 Å². The first kappa shape index (κ1) is 11.2. The minimum Gasteiger partial charge on any atom is -0.396 e. The Kier molecular flexibility index (Phi) is 4.10. The lowest BCUT2D eigenvalue weighted by Crippen LogP contribution is -2.33. The molecule has 1 aromatic heterocycles. The predicted molar refractivity (Wildman–Crippen MR) is 55.8 cm³/mol. The topological polar surface area (TPSA) is 50.1 Å². The highest BCUT2D eigenvalue weighted by Crippen LogP contribution is 2.02. The van der Waals surface area contributed by atoms with Crippen LogP contribution in [0.25, 0.3) is 0 Å². The molecular formula is C10H19N3O. The molecule has 1 rings (SSSR count). The normalized spacial score (nSPS) is 15.4. The lowest BCUT2D eigenvalue weighted by molar-refractivity contribution is 0.207. The summed E-state index contributed by atoms with van der Waals surface area (Å²) in [6, 6.07) is 0.320. The lowest BCUT2D eigenvalue weighted by atomic mass is 10.1. The molecule has 2 unspecified atom stereocenters. The van der Waals surface area contributed by atoms with Gasteiger partial charge in [-0.05, 0) is 12.8 Å². The van der Waals surface area contributed by atoms with Crippen LogP contribution in [0.5, 0.6) is 0 Å². The number of hydrogen-bond donors (Lipinski definition) is 2. The average Bonchev–Trinajstić information content (AvgIpc) is 2.59. The molecular weight excluding hydrogens is 178 g/mol. The highest BCUT2D eigenvalue weighted by atomic mass is 16.3. The molecule has 0 aliphatic rings. The molecule has 0 aromatic carbocycles. The number of aromatic nitrogens is 2. The smallest absolute Gasteiger partial charge is 0.0534 e. The van der Waals surface area contributed by atoms with Gasteiger partial charge < -0.3 is 10.4 Å². The zero-order valence-electron chi connectivity index (χ0n) is 9.07.